The molecule has 0 spiro atoms. The van der Waals surface area contributed by atoms with Gasteiger partial charge in [-0.25, -0.2) is 4.98 Å². The van der Waals surface area contributed by atoms with Gasteiger partial charge in [-0.3, -0.25) is 14.9 Å². The van der Waals surface area contributed by atoms with Crippen molar-refractivity contribution >= 4 is 28.2 Å². The molecule has 0 atom stereocenters. The van der Waals surface area contributed by atoms with Crippen LogP contribution in [0.25, 0.3) is 10.9 Å². The molecule has 0 radical (unpaired) electrons. The van der Waals surface area contributed by atoms with E-state index in [1.54, 1.807) is 25.2 Å². The van der Waals surface area contributed by atoms with Crippen molar-refractivity contribution in [1.82, 2.24) is 4.98 Å². The van der Waals surface area contributed by atoms with Crippen LogP contribution in [0, 0.1) is 10.1 Å². The number of carboxylic acid groups (broad SMARTS) is 1. The predicted octanol–water partition coefficient (Wildman–Crippen LogP) is 1.66. The Morgan fingerprint density at radius 2 is 2.21 bits per heavy atom. The minimum Gasteiger partial charge on any atom is -0.480 e. The molecule has 2 aromatic rings. The van der Waals surface area contributed by atoms with Crippen LogP contribution in [0.15, 0.2) is 30.5 Å². The van der Waals surface area contributed by atoms with Gasteiger partial charge in [-0.1, -0.05) is 12.1 Å². The molecular formula is C12H11N3O4. The number of nitrogens with zero attached hydrogens (tertiary/aromatic N) is 3. The van der Waals surface area contributed by atoms with E-state index in [-0.39, 0.29) is 17.7 Å². The summed E-state index contributed by atoms with van der Waals surface area (Å²) in [7, 11) is 1.61. The van der Waals surface area contributed by atoms with Crippen LogP contribution < -0.4 is 4.90 Å². The van der Waals surface area contributed by atoms with E-state index in [9.17, 15) is 14.9 Å². The van der Waals surface area contributed by atoms with Gasteiger partial charge in [0.05, 0.1) is 4.92 Å². The zero-order chi connectivity index (χ0) is 14.0. The number of pyridine rings is 1. The summed E-state index contributed by atoms with van der Waals surface area (Å²) in [5, 5.41) is 20.3. The molecule has 0 bridgehead atoms. The highest BCUT2D eigenvalue weighted by Crippen LogP contribution is 2.30. The SMILES string of the molecule is CN(CC(=O)O)c1ccnc2c([N+](=O)[O-])cccc12. The minimum atomic E-state index is -0.974. The molecular weight excluding hydrogens is 250 g/mol. The molecule has 0 saturated heterocycles. The fraction of sp³-hybridized carbons (Fsp3) is 0.167. The maximum Gasteiger partial charge on any atom is 0.323 e. The second kappa shape index (κ2) is 4.89. The van der Waals surface area contributed by atoms with Crippen molar-refractivity contribution in [2.24, 2.45) is 0 Å². The number of rotatable bonds is 4. The lowest BCUT2D eigenvalue weighted by atomic mass is 10.1. The summed E-state index contributed by atoms with van der Waals surface area (Å²) in [5.41, 5.74) is 0.751. The Labute approximate surface area is 108 Å². The van der Waals surface area contributed by atoms with E-state index in [1.165, 1.54) is 17.2 Å². The minimum absolute atomic E-state index is 0.0944. The number of hydrogen-bond donors (Lipinski definition) is 1. The van der Waals surface area contributed by atoms with Crippen molar-refractivity contribution in [1.29, 1.82) is 0 Å². The van der Waals surface area contributed by atoms with Crippen LogP contribution in [0.5, 0.6) is 0 Å². The van der Waals surface area contributed by atoms with Crippen LogP contribution in [0.2, 0.25) is 0 Å². The smallest absolute Gasteiger partial charge is 0.323 e. The highest BCUT2D eigenvalue weighted by molar-refractivity contribution is 5.97. The van der Waals surface area contributed by atoms with Gasteiger partial charge >= 0.3 is 5.97 Å². The second-order valence-corrected chi connectivity index (χ2v) is 4.01. The van der Waals surface area contributed by atoms with Gasteiger partial charge in [-0.05, 0) is 6.07 Å². The van der Waals surface area contributed by atoms with Crippen molar-refractivity contribution < 1.29 is 14.8 Å². The number of nitro groups is 1. The molecule has 7 nitrogen and oxygen atoms in total. The van der Waals surface area contributed by atoms with E-state index >= 15 is 0 Å². The van der Waals surface area contributed by atoms with E-state index in [2.05, 4.69) is 4.98 Å². The van der Waals surface area contributed by atoms with E-state index in [0.29, 0.717) is 11.1 Å². The number of nitro benzene ring substituents is 1. The van der Waals surface area contributed by atoms with Crippen molar-refractivity contribution in [3.05, 3.63) is 40.6 Å². The Bertz CT molecular complexity index is 656. The Balaban J connectivity index is 2.61. The van der Waals surface area contributed by atoms with Gasteiger partial charge in [-0.15, -0.1) is 0 Å². The first-order chi connectivity index (χ1) is 9.00. The van der Waals surface area contributed by atoms with Gasteiger partial charge in [0.25, 0.3) is 5.69 Å². The van der Waals surface area contributed by atoms with Crippen molar-refractivity contribution in [2.45, 2.75) is 0 Å². The average molecular weight is 261 g/mol. The molecule has 1 heterocycles. The molecule has 1 N–H and O–H groups in total. The number of anilines is 1. The summed E-state index contributed by atoms with van der Waals surface area (Å²) < 4.78 is 0. The summed E-state index contributed by atoms with van der Waals surface area (Å²) in [5.74, 6) is -0.974. The molecule has 0 fully saturated rings. The number of hydrogen-bond acceptors (Lipinski definition) is 5. The molecule has 0 saturated carbocycles. The zero-order valence-corrected chi connectivity index (χ0v) is 10.1. The molecule has 0 aliphatic heterocycles. The zero-order valence-electron chi connectivity index (χ0n) is 10.1. The maximum atomic E-state index is 10.9. The van der Waals surface area contributed by atoms with Gasteiger partial charge in [0, 0.05) is 30.4 Å². The Hall–Kier alpha value is -2.70. The molecule has 0 aliphatic carbocycles. The molecule has 1 aromatic carbocycles. The third-order valence-electron chi connectivity index (χ3n) is 2.71. The first kappa shape index (κ1) is 12.7. The summed E-state index contributed by atoms with van der Waals surface area (Å²) in [6.07, 6.45) is 1.43. The standard InChI is InChI=1S/C12H11N3O4/c1-14(7-11(16)17)9-5-6-13-12-8(9)3-2-4-10(12)15(18)19/h2-6H,7H2,1H3,(H,16,17). The largest absolute Gasteiger partial charge is 0.480 e. The lowest BCUT2D eigenvalue weighted by molar-refractivity contribution is -0.383. The number of likely N-dealkylation sites (N-methyl/N-ethyl adjacent to an activating group) is 1. The van der Waals surface area contributed by atoms with Crippen LogP contribution in [0.4, 0.5) is 11.4 Å². The van der Waals surface area contributed by atoms with Gasteiger partial charge < -0.3 is 10.0 Å². The van der Waals surface area contributed by atoms with E-state index < -0.39 is 10.9 Å². The molecule has 19 heavy (non-hydrogen) atoms. The monoisotopic (exact) mass is 261 g/mol. The van der Waals surface area contributed by atoms with Crippen molar-refractivity contribution in [3.63, 3.8) is 0 Å². The molecule has 98 valence electrons. The lowest BCUT2D eigenvalue weighted by Crippen LogP contribution is -2.25. The number of carbonyl (C=O) groups is 1. The summed E-state index contributed by atoms with van der Waals surface area (Å²) >= 11 is 0. The normalized spacial score (nSPS) is 10.4. The molecule has 0 amide bonds. The highest BCUT2D eigenvalue weighted by atomic mass is 16.6. The van der Waals surface area contributed by atoms with E-state index in [0.717, 1.165) is 0 Å². The summed E-state index contributed by atoms with van der Waals surface area (Å²) in [6, 6.07) is 6.24. The van der Waals surface area contributed by atoms with Gasteiger partial charge in [-0.2, -0.15) is 0 Å². The Kier molecular flexibility index (Phi) is 3.28. The average Bonchev–Trinajstić information content (AvgIpc) is 2.36. The van der Waals surface area contributed by atoms with Crippen molar-refractivity contribution in [3.8, 4) is 0 Å². The molecule has 1 aromatic heterocycles. The van der Waals surface area contributed by atoms with Crippen LogP contribution in [0.3, 0.4) is 0 Å². The number of aliphatic carboxylic acids is 1. The molecule has 7 heteroatoms. The number of benzene rings is 1. The molecule has 2 rings (SSSR count). The maximum absolute atomic E-state index is 10.9. The van der Waals surface area contributed by atoms with Gasteiger partial charge in [0.1, 0.15) is 12.1 Å². The summed E-state index contributed by atoms with van der Waals surface area (Å²) in [6.45, 7) is -0.193. The van der Waals surface area contributed by atoms with E-state index in [4.69, 9.17) is 5.11 Å². The van der Waals surface area contributed by atoms with Crippen LogP contribution in [0.1, 0.15) is 0 Å². The fourth-order valence-corrected chi connectivity index (χ4v) is 1.91. The highest BCUT2D eigenvalue weighted by Gasteiger charge is 2.16. The lowest BCUT2D eigenvalue weighted by Gasteiger charge is -2.18. The van der Waals surface area contributed by atoms with Crippen LogP contribution in [-0.2, 0) is 4.79 Å². The second-order valence-electron chi connectivity index (χ2n) is 4.01. The molecule has 0 aliphatic rings. The summed E-state index contributed by atoms with van der Waals surface area (Å²) in [4.78, 5) is 26.7. The Morgan fingerprint density at radius 1 is 1.47 bits per heavy atom. The fourth-order valence-electron chi connectivity index (χ4n) is 1.91. The Morgan fingerprint density at radius 3 is 2.84 bits per heavy atom. The quantitative estimate of drug-likeness (QED) is 0.664. The van der Waals surface area contributed by atoms with Gasteiger partial charge in [0.2, 0.25) is 0 Å². The molecule has 0 unspecified atom stereocenters. The third-order valence-corrected chi connectivity index (χ3v) is 2.71. The van der Waals surface area contributed by atoms with Crippen LogP contribution in [-0.4, -0.2) is 34.6 Å². The number of fused-ring (bicyclic) bond motifs is 1. The first-order valence-electron chi connectivity index (χ1n) is 5.45. The first-order valence-corrected chi connectivity index (χ1v) is 5.45. The van der Waals surface area contributed by atoms with Crippen molar-refractivity contribution in [2.75, 3.05) is 18.5 Å². The number of carboxylic acids is 1. The predicted molar refractivity (Wildman–Crippen MR) is 69.3 cm³/mol. The van der Waals surface area contributed by atoms with Gasteiger partial charge in [0.15, 0.2) is 0 Å². The van der Waals surface area contributed by atoms with Crippen LogP contribution >= 0.6 is 0 Å². The number of para-hydroxylation sites is 1. The topological polar surface area (TPSA) is 96.6 Å². The van der Waals surface area contributed by atoms with E-state index in [1.807, 2.05) is 0 Å². The number of non-ortho nitro benzene ring substituents is 1. The third kappa shape index (κ3) is 2.44. The number of aromatic nitrogens is 1.